The summed E-state index contributed by atoms with van der Waals surface area (Å²) in [5.74, 6) is 1.06. The highest BCUT2D eigenvalue weighted by molar-refractivity contribution is 7.15. The second-order valence-corrected chi connectivity index (χ2v) is 6.64. The summed E-state index contributed by atoms with van der Waals surface area (Å²) in [6.45, 7) is 8.87. The van der Waals surface area contributed by atoms with Crippen molar-refractivity contribution in [2.24, 2.45) is 5.92 Å². The standard InChI is InChI=1S/C13H22N4OS/c1-9(2)12-15-16-13(19-12)14-11(18)8-17-6-4-5-10(3)7-17/h9-10H,4-8H2,1-3H3,(H,14,16,18). The summed E-state index contributed by atoms with van der Waals surface area (Å²) < 4.78 is 0. The number of hydrogen-bond acceptors (Lipinski definition) is 5. The van der Waals surface area contributed by atoms with Crippen molar-refractivity contribution in [2.75, 3.05) is 25.0 Å². The number of carbonyl (C=O) groups is 1. The van der Waals surface area contributed by atoms with Gasteiger partial charge in [0, 0.05) is 12.5 Å². The van der Waals surface area contributed by atoms with E-state index in [2.05, 4.69) is 41.2 Å². The van der Waals surface area contributed by atoms with Crippen molar-refractivity contribution in [1.29, 1.82) is 0 Å². The van der Waals surface area contributed by atoms with Crippen LogP contribution < -0.4 is 5.32 Å². The molecule has 0 radical (unpaired) electrons. The Morgan fingerprint density at radius 2 is 2.32 bits per heavy atom. The topological polar surface area (TPSA) is 58.1 Å². The minimum absolute atomic E-state index is 0.0144. The molecule has 0 aromatic carbocycles. The number of anilines is 1. The number of nitrogens with zero attached hydrogens (tertiary/aromatic N) is 3. The van der Waals surface area contributed by atoms with E-state index >= 15 is 0 Å². The van der Waals surface area contributed by atoms with Gasteiger partial charge in [0.15, 0.2) is 0 Å². The molecule has 2 rings (SSSR count). The Balaban J connectivity index is 1.83. The van der Waals surface area contributed by atoms with E-state index in [-0.39, 0.29) is 5.91 Å². The first kappa shape index (κ1) is 14.4. The van der Waals surface area contributed by atoms with Gasteiger partial charge in [-0.1, -0.05) is 32.1 Å². The molecule has 1 fully saturated rings. The normalized spacial score (nSPS) is 20.7. The number of carbonyl (C=O) groups excluding carboxylic acids is 1. The lowest BCUT2D eigenvalue weighted by atomic mass is 10.0. The van der Waals surface area contributed by atoms with Gasteiger partial charge < -0.3 is 0 Å². The molecule has 19 heavy (non-hydrogen) atoms. The van der Waals surface area contributed by atoms with Crippen LogP contribution in [-0.2, 0) is 4.79 Å². The monoisotopic (exact) mass is 282 g/mol. The number of rotatable bonds is 4. The lowest BCUT2D eigenvalue weighted by molar-refractivity contribution is -0.117. The van der Waals surface area contributed by atoms with Crippen LogP contribution in [0.15, 0.2) is 0 Å². The maximum Gasteiger partial charge on any atom is 0.240 e. The lowest BCUT2D eigenvalue weighted by Crippen LogP contribution is -2.39. The number of piperidine rings is 1. The lowest BCUT2D eigenvalue weighted by Gasteiger charge is -2.29. The highest BCUT2D eigenvalue weighted by Gasteiger charge is 2.19. The summed E-state index contributed by atoms with van der Waals surface area (Å²) in [7, 11) is 0. The first-order chi connectivity index (χ1) is 9.04. The molecule has 0 bridgehead atoms. The van der Waals surface area contributed by atoms with Gasteiger partial charge in [0.25, 0.3) is 0 Å². The molecule has 2 heterocycles. The van der Waals surface area contributed by atoms with Crippen LogP contribution in [0.2, 0.25) is 0 Å². The molecular formula is C13H22N4OS. The highest BCUT2D eigenvalue weighted by atomic mass is 32.1. The third-order valence-corrected chi connectivity index (χ3v) is 4.43. The van der Waals surface area contributed by atoms with Crippen molar-refractivity contribution in [3.63, 3.8) is 0 Å². The van der Waals surface area contributed by atoms with Crippen LogP contribution in [0.3, 0.4) is 0 Å². The molecule has 1 amide bonds. The Kier molecular flexibility index (Phi) is 4.87. The fourth-order valence-corrected chi connectivity index (χ4v) is 3.07. The van der Waals surface area contributed by atoms with Crippen molar-refractivity contribution in [3.05, 3.63) is 5.01 Å². The number of aromatic nitrogens is 2. The van der Waals surface area contributed by atoms with E-state index in [0.717, 1.165) is 18.1 Å². The van der Waals surface area contributed by atoms with Gasteiger partial charge in [0.2, 0.25) is 11.0 Å². The highest BCUT2D eigenvalue weighted by Crippen LogP contribution is 2.22. The molecule has 0 spiro atoms. The second-order valence-electron chi connectivity index (χ2n) is 5.63. The Bertz CT molecular complexity index is 432. The van der Waals surface area contributed by atoms with Crippen LogP contribution in [0.25, 0.3) is 0 Å². The van der Waals surface area contributed by atoms with E-state index in [4.69, 9.17) is 0 Å². The minimum Gasteiger partial charge on any atom is -0.299 e. The summed E-state index contributed by atoms with van der Waals surface area (Å²) in [6, 6.07) is 0. The average Bonchev–Trinajstić information content (AvgIpc) is 2.77. The Labute approximate surface area is 118 Å². The summed E-state index contributed by atoms with van der Waals surface area (Å²) in [5.41, 5.74) is 0. The van der Waals surface area contributed by atoms with Crippen LogP contribution in [0.5, 0.6) is 0 Å². The van der Waals surface area contributed by atoms with Crippen molar-refractivity contribution in [1.82, 2.24) is 15.1 Å². The van der Waals surface area contributed by atoms with Crippen LogP contribution >= 0.6 is 11.3 Å². The molecule has 0 saturated carbocycles. The predicted octanol–water partition coefficient (Wildman–Crippen LogP) is 2.33. The summed E-state index contributed by atoms with van der Waals surface area (Å²) in [6.07, 6.45) is 2.46. The molecule has 1 aliphatic heterocycles. The fourth-order valence-electron chi connectivity index (χ4n) is 2.31. The van der Waals surface area contributed by atoms with Crippen LogP contribution in [0, 0.1) is 5.92 Å². The Morgan fingerprint density at radius 3 is 2.95 bits per heavy atom. The zero-order valence-electron chi connectivity index (χ0n) is 11.8. The Hall–Kier alpha value is -1.01. The molecule has 0 aliphatic carbocycles. The van der Waals surface area contributed by atoms with Gasteiger partial charge >= 0.3 is 0 Å². The predicted molar refractivity (Wildman–Crippen MR) is 77.5 cm³/mol. The van der Waals surface area contributed by atoms with E-state index < -0.39 is 0 Å². The van der Waals surface area contributed by atoms with Crippen LogP contribution in [0.1, 0.15) is 44.5 Å². The molecule has 1 aliphatic rings. The molecule has 1 aromatic heterocycles. The average molecular weight is 282 g/mol. The van der Waals surface area contributed by atoms with Crippen molar-refractivity contribution < 1.29 is 4.79 Å². The largest absolute Gasteiger partial charge is 0.299 e. The van der Waals surface area contributed by atoms with E-state index in [9.17, 15) is 4.79 Å². The van der Waals surface area contributed by atoms with Crippen molar-refractivity contribution >= 4 is 22.4 Å². The van der Waals surface area contributed by atoms with Crippen molar-refractivity contribution in [2.45, 2.75) is 39.5 Å². The van der Waals surface area contributed by atoms with Gasteiger partial charge in [-0.2, -0.15) is 0 Å². The molecule has 6 heteroatoms. The molecule has 1 atom stereocenters. The Morgan fingerprint density at radius 1 is 1.53 bits per heavy atom. The van der Waals surface area contributed by atoms with Gasteiger partial charge in [-0.3, -0.25) is 15.0 Å². The maximum atomic E-state index is 12.0. The van der Waals surface area contributed by atoms with Crippen LogP contribution in [-0.4, -0.2) is 40.6 Å². The van der Waals surface area contributed by atoms with Crippen LogP contribution in [0.4, 0.5) is 5.13 Å². The number of amides is 1. The fraction of sp³-hybridized carbons (Fsp3) is 0.769. The number of hydrogen-bond donors (Lipinski definition) is 1. The molecular weight excluding hydrogens is 260 g/mol. The SMILES string of the molecule is CC1CCCN(CC(=O)Nc2nnc(C(C)C)s2)C1. The van der Waals surface area contributed by atoms with E-state index in [1.807, 2.05) is 0 Å². The maximum absolute atomic E-state index is 12.0. The number of likely N-dealkylation sites (tertiary alicyclic amines) is 1. The zero-order chi connectivity index (χ0) is 13.8. The minimum atomic E-state index is 0.0144. The van der Waals surface area contributed by atoms with E-state index in [1.54, 1.807) is 0 Å². The molecule has 1 saturated heterocycles. The van der Waals surface area contributed by atoms with Gasteiger partial charge in [-0.25, -0.2) is 0 Å². The van der Waals surface area contributed by atoms with Crippen molar-refractivity contribution in [3.8, 4) is 0 Å². The quantitative estimate of drug-likeness (QED) is 0.921. The van der Waals surface area contributed by atoms with Gasteiger partial charge in [0.05, 0.1) is 6.54 Å². The smallest absolute Gasteiger partial charge is 0.240 e. The third kappa shape index (κ3) is 4.24. The van der Waals surface area contributed by atoms with Gasteiger partial charge in [-0.05, 0) is 25.3 Å². The molecule has 1 N–H and O–H groups in total. The number of nitrogens with one attached hydrogen (secondary N) is 1. The van der Waals surface area contributed by atoms with Gasteiger partial charge in [-0.15, -0.1) is 10.2 Å². The summed E-state index contributed by atoms with van der Waals surface area (Å²) in [4.78, 5) is 14.2. The van der Waals surface area contributed by atoms with E-state index in [1.165, 1.54) is 24.2 Å². The molecule has 5 nitrogen and oxygen atoms in total. The summed E-state index contributed by atoms with van der Waals surface area (Å²) in [5, 5.41) is 12.5. The zero-order valence-corrected chi connectivity index (χ0v) is 12.7. The second kappa shape index (κ2) is 6.43. The van der Waals surface area contributed by atoms with Gasteiger partial charge in [0.1, 0.15) is 5.01 Å². The first-order valence-corrected chi connectivity index (χ1v) is 7.72. The molecule has 106 valence electrons. The summed E-state index contributed by atoms with van der Waals surface area (Å²) >= 11 is 1.46. The molecule has 1 aromatic rings. The first-order valence-electron chi connectivity index (χ1n) is 6.90. The third-order valence-electron chi connectivity index (χ3n) is 3.29. The van der Waals surface area contributed by atoms with E-state index in [0.29, 0.717) is 23.5 Å². The molecule has 1 unspecified atom stereocenters.